The van der Waals surface area contributed by atoms with Crippen LogP contribution in [0.4, 0.5) is 17.1 Å². The molecule has 7 nitrogen and oxygen atoms in total. The first-order valence-electron chi connectivity index (χ1n) is 15.9. The number of hydrogen-bond donors (Lipinski definition) is 0. The monoisotopic (exact) mass is 623 g/mol. The zero-order chi connectivity index (χ0) is 32.6. The molecule has 0 spiro atoms. The average molecular weight is 624 g/mol. The van der Waals surface area contributed by atoms with Gasteiger partial charge in [0.2, 0.25) is 0 Å². The molecule has 1 aliphatic carbocycles. The number of anilines is 3. The SMILES string of the molecule is CCOC(=O)C1=C(/N=C2\O/C(=C/c3ccc(N(c4ccccc4)c4ccccc4)cc3)C(=O)N2CCc2ccccc2)C(C)CC=C1. The molecule has 0 bridgehead atoms. The van der Waals surface area contributed by atoms with Gasteiger partial charge in [-0.15, -0.1) is 0 Å². The molecule has 0 radical (unpaired) electrons. The van der Waals surface area contributed by atoms with Gasteiger partial charge in [0.05, 0.1) is 17.9 Å². The topological polar surface area (TPSA) is 71.4 Å². The highest BCUT2D eigenvalue weighted by molar-refractivity contribution is 6.11. The smallest absolute Gasteiger partial charge is 0.339 e. The Labute approximate surface area is 275 Å². The van der Waals surface area contributed by atoms with E-state index in [1.54, 1.807) is 24.0 Å². The predicted molar refractivity (Wildman–Crippen MR) is 186 cm³/mol. The highest BCUT2D eigenvalue weighted by Gasteiger charge is 2.36. The number of ether oxygens (including phenoxy) is 2. The molecule has 1 atom stereocenters. The fourth-order valence-electron chi connectivity index (χ4n) is 5.65. The lowest BCUT2D eigenvalue weighted by Crippen LogP contribution is -2.32. The van der Waals surface area contributed by atoms with Crippen LogP contribution in [0.15, 0.2) is 149 Å². The van der Waals surface area contributed by atoms with Crippen molar-refractivity contribution in [2.75, 3.05) is 18.1 Å². The van der Waals surface area contributed by atoms with Gasteiger partial charge in [-0.3, -0.25) is 9.69 Å². The number of allylic oxidation sites excluding steroid dienone is 2. The summed E-state index contributed by atoms with van der Waals surface area (Å²) in [5.41, 5.74) is 5.89. The lowest BCUT2D eigenvalue weighted by atomic mass is 9.94. The van der Waals surface area contributed by atoms with Crippen molar-refractivity contribution < 1.29 is 19.1 Å². The van der Waals surface area contributed by atoms with E-state index in [4.69, 9.17) is 14.5 Å². The molecular formula is C40H37N3O4. The Morgan fingerprint density at radius 3 is 2.11 bits per heavy atom. The second-order valence-electron chi connectivity index (χ2n) is 11.4. The summed E-state index contributed by atoms with van der Waals surface area (Å²) in [5.74, 6) is -0.605. The number of esters is 1. The summed E-state index contributed by atoms with van der Waals surface area (Å²) >= 11 is 0. The lowest BCUT2D eigenvalue weighted by Gasteiger charge is -2.25. The zero-order valence-electron chi connectivity index (χ0n) is 26.6. The van der Waals surface area contributed by atoms with E-state index in [2.05, 4.69) is 29.2 Å². The largest absolute Gasteiger partial charge is 0.462 e. The summed E-state index contributed by atoms with van der Waals surface area (Å²) < 4.78 is 11.5. The second kappa shape index (κ2) is 14.6. The fraction of sp³-hybridized carbons (Fsp3) is 0.175. The van der Waals surface area contributed by atoms with Gasteiger partial charge in [-0.1, -0.05) is 91.9 Å². The summed E-state index contributed by atoms with van der Waals surface area (Å²) in [7, 11) is 0. The van der Waals surface area contributed by atoms with E-state index in [9.17, 15) is 9.59 Å². The molecule has 1 heterocycles. The van der Waals surface area contributed by atoms with E-state index in [1.807, 2.05) is 104 Å². The molecule has 47 heavy (non-hydrogen) atoms. The molecule has 4 aromatic rings. The molecule has 6 rings (SSSR count). The van der Waals surface area contributed by atoms with Gasteiger partial charge in [-0.25, -0.2) is 9.79 Å². The van der Waals surface area contributed by atoms with Crippen LogP contribution >= 0.6 is 0 Å². The van der Waals surface area contributed by atoms with Gasteiger partial charge in [-0.2, -0.15) is 0 Å². The van der Waals surface area contributed by atoms with Crippen LogP contribution in [0.5, 0.6) is 0 Å². The van der Waals surface area contributed by atoms with Gasteiger partial charge in [0.1, 0.15) is 0 Å². The van der Waals surface area contributed by atoms with Crippen molar-refractivity contribution in [2.24, 2.45) is 10.9 Å². The van der Waals surface area contributed by atoms with E-state index >= 15 is 0 Å². The van der Waals surface area contributed by atoms with Gasteiger partial charge < -0.3 is 14.4 Å². The number of para-hydroxylation sites is 2. The third-order valence-corrected chi connectivity index (χ3v) is 8.06. The minimum Gasteiger partial charge on any atom is -0.462 e. The molecule has 4 aromatic carbocycles. The first-order valence-corrected chi connectivity index (χ1v) is 15.9. The maximum atomic E-state index is 13.8. The Morgan fingerprint density at radius 1 is 0.894 bits per heavy atom. The van der Waals surface area contributed by atoms with Gasteiger partial charge in [0, 0.05) is 29.5 Å². The highest BCUT2D eigenvalue weighted by Crippen LogP contribution is 2.35. The molecule has 0 saturated carbocycles. The molecule has 1 unspecified atom stereocenters. The first kappa shape index (κ1) is 31.3. The van der Waals surface area contributed by atoms with E-state index in [0.717, 1.165) is 28.2 Å². The molecule has 2 aliphatic rings. The molecule has 1 aliphatic heterocycles. The van der Waals surface area contributed by atoms with E-state index < -0.39 is 5.97 Å². The quantitative estimate of drug-likeness (QED) is 0.131. The third-order valence-electron chi connectivity index (χ3n) is 8.06. The van der Waals surface area contributed by atoms with Crippen LogP contribution in [-0.2, 0) is 25.5 Å². The van der Waals surface area contributed by atoms with Crippen molar-refractivity contribution in [3.05, 3.63) is 156 Å². The summed E-state index contributed by atoms with van der Waals surface area (Å²) in [4.78, 5) is 35.2. The maximum absolute atomic E-state index is 13.8. The van der Waals surface area contributed by atoms with Gasteiger partial charge in [-0.05, 0) is 79.4 Å². The van der Waals surface area contributed by atoms with E-state index in [1.165, 1.54) is 0 Å². The molecule has 236 valence electrons. The number of hydrogen-bond acceptors (Lipinski definition) is 6. The fourth-order valence-corrected chi connectivity index (χ4v) is 5.65. The highest BCUT2D eigenvalue weighted by atomic mass is 16.5. The number of carbonyl (C=O) groups excluding carboxylic acids is 2. The van der Waals surface area contributed by atoms with Crippen molar-refractivity contribution in [3.63, 3.8) is 0 Å². The van der Waals surface area contributed by atoms with Crippen molar-refractivity contribution in [3.8, 4) is 0 Å². The van der Waals surface area contributed by atoms with Crippen molar-refractivity contribution in [1.29, 1.82) is 0 Å². The van der Waals surface area contributed by atoms with Gasteiger partial charge in [0.15, 0.2) is 5.76 Å². The number of amidine groups is 1. The van der Waals surface area contributed by atoms with Gasteiger partial charge in [0.25, 0.3) is 5.91 Å². The van der Waals surface area contributed by atoms with Crippen molar-refractivity contribution in [2.45, 2.75) is 26.7 Å². The van der Waals surface area contributed by atoms with Crippen molar-refractivity contribution in [1.82, 2.24) is 4.90 Å². The summed E-state index contributed by atoms with van der Waals surface area (Å²) in [6.07, 6.45) is 6.76. The summed E-state index contributed by atoms with van der Waals surface area (Å²) in [6.45, 7) is 4.40. The minimum atomic E-state index is -0.439. The van der Waals surface area contributed by atoms with E-state index in [0.29, 0.717) is 30.7 Å². The average Bonchev–Trinajstić information content (AvgIpc) is 3.39. The molecule has 1 amide bonds. The molecule has 0 aromatic heterocycles. The molecular weight excluding hydrogens is 586 g/mol. The summed E-state index contributed by atoms with van der Waals surface area (Å²) in [6, 6.07) is 38.5. The number of nitrogens with zero attached hydrogens (tertiary/aromatic N) is 3. The molecule has 1 fully saturated rings. The van der Waals surface area contributed by atoms with Crippen LogP contribution in [0.3, 0.4) is 0 Å². The van der Waals surface area contributed by atoms with Crippen LogP contribution in [-0.4, -0.2) is 35.9 Å². The molecule has 0 N–H and O–H groups in total. The second-order valence-corrected chi connectivity index (χ2v) is 11.4. The normalized spacial score (nSPS) is 17.7. The molecule has 7 heteroatoms. The van der Waals surface area contributed by atoms with Crippen LogP contribution in [0.25, 0.3) is 6.08 Å². The van der Waals surface area contributed by atoms with Crippen LogP contribution < -0.4 is 4.90 Å². The lowest BCUT2D eigenvalue weighted by molar-refractivity contribution is -0.138. The first-order chi connectivity index (χ1) is 23.0. The van der Waals surface area contributed by atoms with Crippen molar-refractivity contribution >= 4 is 41.0 Å². The Morgan fingerprint density at radius 2 is 1.49 bits per heavy atom. The van der Waals surface area contributed by atoms with Crippen LogP contribution in [0, 0.1) is 5.92 Å². The Hall–Kier alpha value is -5.69. The predicted octanol–water partition coefficient (Wildman–Crippen LogP) is 8.37. The Bertz CT molecular complexity index is 1790. The zero-order valence-corrected chi connectivity index (χ0v) is 26.6. The standard InChI is InChI=1S/C40H37N3O4/c1-3-46-39(45)35-21-13-14-29(2)37(35)41-40-42(27-26-30-15-7-4-8-16-30)38(44)36(47-40)28-31-22-24-34(25-23-31)43(32-17-9-5-10-18-32)33-19-11-6-12-20-33/h4-13,15-25,28-29H,3,14,26-27H2,1-2H3/b36-28+,41-40-. The van der Waals surface area contributed by atoms with Crippen LogP contribution in [0.1, 0.15) is 31.4 Å². The van der Waals surface area contributed by atoms with Crippen LogP contribution in [0.2, 0.25) is 0 Å². The third kappa shape index (κ3) is 7.25. The maximum Gasteiger partial charge on any atom is 0.339 e. The summed E-state index contributed by atoms with van der Waals surface area (Å²) in [5, 5.41) is 0. The minimum absolute atomic E-state index is 0.0562. The Kier molecular flexibility index (Phi) is 9.73. The van der Waals surface area contributed by atoms with Gasteiger partial charge >= 0.3 is 12.0 Å². The number of benzene rings is 4. The number of rotatable bonds is 10. The number of amides is 1. The van der Waals surface area contributed by atoms with E-state index in [-0.39, 0.29) is 30.2 Å². The molecule has 1 saturated heterocycles. The number of aliphatic imine (C=N–C) groups is 1. The number of carbonyl (C=O) groups is 2. The Balaban J connectivity index is 1.33.